The molecule has 0 heterocycles. The van der Waals surface area contributed by atoms with E-state index < -0.39 is 17.9 Å². The number of carboxylic acid groups (broad SMARTS) is 1. The van der Waals surface area contributed by atoms with Gasteiger partial charge in [0.15, 0.2) is 0 Å². The predicted molar refractivity (Wildman–Crippen MR) is 91.0 cm³/mol. The number of rotatable bonds is 8. The number of benzene rings is 2. The maximum atomic E-state index is 12.1. The first kappa shape index (κ1) is 17.5. The standard InChI is InChI=1S/C19H21NO4/c1-2-6-17(19(22)23)20-18(21)15-9-11-16(12-10-15)24-13-14-7-4-3-5-8-14/h3-5,7-12,17H,2,6,13H2,1H3,(H,20,21)(H,22,23). The van der Waals surface area contributed by atoms with E-state index in [0.717, 1.165) is 5.56 Å². The van der Waals surface area contributed by atoms with Crippen molar-refractivity contribution >= 4 is 11.9 Å². The summed E-state index contributed by atoms with van der Waals surface area (Å²) in [5.74, 6) is -0.766. The molecule has 0 aromatic heterocycles. The summed E-state index contributed by atoms with van der Waals surface area (Å²) in [5.41, 5.74) is 1.47. The molecule has 2 aromatic carbocycles. The molecule has 0 saturated carbocycles. The molecular formula is C19H21NO4. The minimum Gasteiger partial charge on any atom is -0.489 e. The molecule has 0 bridgehead atoms. The number of amides is 1. The summed E-state index contributed by atoms with van der Waals surface area (Å²) in [4.78, 5) is 23.2. The van der Waals surface area contributed by atoms with Gasteiger partial charge in [-0.1, -0.05) is 43.7 Å². The quantitative estimate of drug-likeness (QED) is 0.780. The molecule has 2 N–H and O–H groups in total. The molecule has 126 valence electrons. The zero-order valence-electron chi connectivity index (χ0n) is 13.6. The Hall–Kier alpha value is -2.82. The Morgan fingerprint density at radius 3 is 2.33 bits per heavy atom. The summed E-state index contributed by atoms with van der Waals surface area (Å²) in [6, 6.07) is 15.6. The molecule has 24 heavy (non-hydrogen) atoms. The van der Waals surface area contributed by atoms with E-state index in [2.05, 4.69) is 5.32 Å². The highest BCUT2D eigenvalue weighted by molar-refractivity contribution is 5.96. The fourth-order valence-electron chi connectivity index (χ4n) is 2.23. The van der Waals surface area contributed by atoms with Crippen LogP contribution < -0.4 is 10.1 Å². The zero-order chi connectivity index (χ0) is 17.4. The molecule has 0 aliphatic heterocycles. The number of hydrogen-bond acceptors (Lipinski definition) is 3. The van der Waals surface area contributed by atoms with E-state index in [4.69, 9.17) is 9.84 Å². The summed E-state index contributed by atoms with van der Waals surface area (Å²) in [6.45, 7) is 2.32. The Bertz CT molecular complexity index is 668. The molecule has 2 aromatic rings. The van der Waals surface area contributed by atoms with Gasteiger partial charge in [0, 0.05) is 5.56 Å². The Kier molecular flexibility index (Phi) is 6.37. The lowest BCUT2D eigenvalue weighted by Crippen LogP contribution is -2.40. The highest BCUT2D eigenvalue weighted by Crippen LogP contribution is 2.14. The second kappa shape index (κ2) is 8.72. The highest BCUT2D eigenvalue weighted by atomic mass is 16.5. The fraction of sp³-hybridized carbons (Fsp3) is 0.263. The van der Waals surface area contributed by atoms with E-state index in [1.165, 1.54) is 0 Å². The third kappa shape index (κ3) is 5.12. The second-order valence-corrected chi connectivity index (χ2v) is 5.45. The van der Waals surface area contributed by atoms with Crippen LogP contribution in [0.15, 0.2) is 54.6 Å². The molecule has 0 spiro atoms. The second-order valence-electron chi connectivity index (χ2n) is 5.45. The summed E-state index contributed by atoms with van der Waals surface area (Å²) in [6.07, 6.45) is 1.09. The van der Waals surface area contributed by atoms with Crippen LogP contribution in [0.3, 0.4) is 0 Å². The van der Waals surface area contributed by atoms with Crippen LogP contribution in [-0.4, -0.2) is 23.0 Å². The smallest absolute Gasteiger partial charge is 0.326 e. The Morgan fingerprint density at radius 2 is 1.75 bits per heavy atom. The van der Waals surface area contributed by atoms with Crippen LogP contribution in [0.5, 0.6) is 5.75 Å². The van der Waals surface area contributed by atoms with E-state index in [0.29, 0.717) is 30.8 Å². The average Bonchev–Trinajstić information content (AvgIpc) is 2.60. The van der Waals surface area contributed by atoms with E-state index in [1.54, 1.807) is 24.3 Å². The molecule has 0 aliphatic carbocycles. The molecule has 0 saturated heterocycles. The maximum absolute atomic E-state index is 12.1. The Balaban J connectivity index is 1.93. The molecular weight excluding hydrogens is 306 g/mol. The van der Waals surface area contributed by atoms with Crippen molar-refractivity contribution in [3.8, 4) is 5.75 Å². The van der Waals surface area contributed by atoms with Crippen molar-refractivity contribution in [1.82, 2.24) is 5.32 Å². The monoisotopic (exact) mass is 327 g/mol. The van der Waals surface area contributed by atoms with Crippen molar-refractivity contribution in [3.63, 3.8) is 0 Å². The van der Waals surface area contributed by atoms with Crippen LogP contribution in [0, 0.1) is 0 Å². The van der Waals surface area contributed by atoms with Crippen LogP contribution >= 0.6 is 0 Å². The molecule has 1 atom stereocenters. The van der Waals surface area contributed by atoms with Gasteiger partial charge in [-0.05, 0) is 36.2 Å². The van der Waals surface area contributed by atoms with Gasteiger partial charge in [0.05, 0.1) is 0 Å². The summed E-state index contributed by atoms with van der Waals surface area (Å²) >= 11 is 0. The number of carboxylic acids is 1. The van der Waals surface area contributed by atoms with Crippen molar-refractivity contribution in [1.29, 1.82) is 0 Å². The van der Waals surface area contributed by atoms with Gasteiger partial charge in [0.1, 0.15) is 18.4 Å². The zero-order valence-corrected chi connectivity index (χ0v) is 13.6. The van der Waals surface area contributed by atoms with Gasteiger partial charge in [-0.15, -0.1) is 0 Å². The van der Waals surface area contributed by atoms with Crippen molar-refractivity contribution in [2.75, 3.05) is 0 Å². The van der Waals surface area contributed by atoms with Gasteiger partial charge in [-0.2, -0.15) is 0 Å². The van der Waals surface area contributed by atoms with Crippen molar-refractivity contribution in [3.05, 3.63) is 65.7 Å². The maximum Gasteiger partial charge on any atom is 0.326 e. The van der Waals surface area contributed by atoms with Crippen LogP contribution in [0.4, 0.5) is 0 Å². The van der Waals surface area contributed by atoms with Gasteiger partial charge < -0.3 is 15.2 Å². The van der Waals surface area contributed by atoms with E-state index >= 15 is 0 Å². The Labute approximate surface area is 141 Å². The third-order valence-corrected chi connectivity index (χ3v) is 3.55. The largest absolute Gasteiger partial charge is 0.489 e. The van der Waals surface area contributed by atoms with E-state index in [1.807, 2.05) is 37.3 Å². The van der Waals surface area contributed by atoms with E-state index in [9.17, 15) is 9.59 Å². The summed E-state index contributed by atoms with van der Waals surface area (Å²) in [7, 11) is 0. The van der Waals surface area contributed by atoms with Gasteiger partial charge in [-0.25, -0.2) is 4.79 Å². The van der Waals surface area contributed by atoms with Crippen molar-refractivity contribution in [2.45, 2.75) is 32.4 Å². The number of hydrogen-bond donors (Lipinski definition) is 2. The SMILES string of the molecule is CCCC(NC(=O)c1ccc(OCc2ccccc2)cc1)C(=O)O. The lowest BCUT2D eigenvalue weighted by atomic mass is 10.1. The number of carbonyl (C=O) groups is 2. The molecule has 5 heteroatoms. The fourth-order valence-corrected chi connectivity index (χ4v) is 2.23. The van der Waals surface area contributed by atoms with Gasteiger partial charge in [0.25, 0.3) is 5.91 Å². The lowest BCUT2D eigenvalue weighted by Gasteiger charge is -2.13. The number of carbonyl (C=O) groups excluding carboxylic acids is 1. The molecule has 5 nitrogen and oxygen atoms in total. The normalized spacial score (nSPS) is 11.5. The van der Waals surface area contributed by atoms with Gasteiger partial charge in [0.2, 0.25) is 0 Å². The molecule has 1 amide bonds. The Morgan fingerprint density at radius 1 is 1.08 bits per heavy atom. The average molecular weight is 327 g/mol. The van der Waals surface area contributed by atoms with Crippen molar-refractivity contribution < 1.29 is 19.4 Å². The van der Waals surface area contributed by atoms with E-state index in [-0.39, 0.29) is 0 Å². The number of nitrogens with one attached hydrogen (secondary N) is 1. The first-order valence-corrected chi connectivity index (χ1v) is 7.90. The van der Waals surface area contributed by atoms with Crippen LogP contribution in [-0.2, 0) is 11.4 Å². The summed E-state index contributed by atoms with van der Waals surface area (Å²) in [5, 5.41) is 11.6. The lowest BCUT2D eigenvalue weighted by molar-refractivity contribution is -0.139. The predicted octanol–water partition coefficient (Wildman–Crippen LogP) is 3.25. The first-order valence-electron chi connectivity index (χ1n) is 7.90. The minimum absolute atomic E-state index is 0.398. The number of ether oxygens (including phenoxy) is 1. The first-order chi connectivity index (χ1) is 11.6. The molecule has 2 rings (SSSR count). The molecule has 0 radical (unpaired) electrons. The molecule has 0 aliphatic rings. The van der Waals surface area contributed by atoms with Crippen LogP contribution in [0.2, 0.25) is 0 Å². The highest BCUT2D eigenvalue weighted by Gasteiger charge is 2.19. The topological polar surface area (TPSA) is 75.6 Å². The molecule has 1 unspecified atom stereocenters. The molecule has 0 fully saturated rings. The minimum atomic E-state index is -1.02. The third-order valence-electron chi connectivity index (χ3n) is 3.55. The summed E-state index contributed by atoms with van der Waals surface area (Å²) < 4.78 is 5.66. The van der Waals surface area contributed by atoms with Gasteiger partial charge >= 0.3 is 5.97 Å². The van der Waals surface area contributed by atoms with Crippen LogP contribution in [0.25, 0.3) is 0 Å². The van der Waals surface area contributed by atoms with Crippen molar-refractivity contribution in [2.24, 2.45) is 0 Å². The van der Waals surface area contributed by atoms with Crippen LogP contribution in [0.1, 0.15) is 35.7 Å². The number of aliphatic carboxylic acids is 1. The van der Waals surface area contributed by atoms with Gasteiger partial charge in [-0.3, -0.25) is 4.79 Å².